The highest BCUT2D eigenvalue weighted by Gasteiger charge is 2.30. The molecule has 0 radical (unpaired) electrons. The van der Waals surface area contributed by atoms with Gasteiger partial charge in [-0.25, -0.2) is 8.78 Å². The number of anilines is 1. The van der Waals surface area contributed by atoms with Crippen molar-refractivity contribution < 1.29 is 8.78 Å². The van der Waals surface area contributed by atoms with E-state index in [9.17, 15) is 8.78 Å². The first-order chi connectivity index (χ1) is 10.2. The molecule has 0 amide bonds. The lowest BCUT2D eigenvalue weighted by atomic mass is 10.1. The molecular weight excluding hydrogens is 272 g/mol. The molecule has 0 aromatic heterocycles. The minimum absolute atomic E-state index is 0.156. The lowest BCUT2D eigenvalue weighted by Crippen LogP contribution is -2.37. The van der Waals surface area contributed by atoms with Crippen LogP contribution < -0.4 is 10.2 Å². The number of rotatable bonds is 3. The Bertz CT molecular complexity index is 483. The molecule has 1 aromatic carbocycles. The zero-order valence-electron chi connectivity index (χ0n) is 12.5. The Morgan fingerprint density at radius 2 is 1.86 bits per heavy atom. The summed E-state index contributed by atoms with van der Waals surface area (Å²) in [6, 6.07) is 3.35. The van der Waals surface area contributed by atoms with E-state index in [0.29, 0.717) is 18.2 Å². The molecule has 21 heavy (non-hydrogen) atoms. The maximum Gasteiger partial charge on any atom is 0.149 e. The fourth-order valence-corrected chi connectivity index (χ4v) is 3.64. The van der Waals surface area contributed by atoms with Crippen molar-refractivity contribution >= 4 is 5.69 Å². The minimum Gasteiger partial charge on any atom is -0.365 e. The van der Waals surface area contributed by atoms with E-state index in [0.717, 1.165) is 39.0 Å². The molecule has 1 atom stereocenters. The van der Waals surface area contributed by atoms with Gasteiger partial charge in [0.05, 0.1) is 0 Å². The smallest absolute Gasteiger partial charge is 0.149 e. The number of hydrogen-bond acceptors (Lipinski definition) is 3. The lowest BCUT2D eigenvalue weighted by Gasteiger charge is -2.28. The summed E-state index contributed by atoms with van der Waals surface area (Å²) in [5, 5.41) is 2.92. The zero-order chi connectivity index (χ0) is 14.8. The molecule has 2 fully saturated rings. The van der Waals surface area contributed by atoms with E-state index in [1.54, 1.807) is 7.05 Å². The summed E-state index contributed by atoms with van der Waals surface area (Å²) in [6.07, 6.45) is 3.30. The average molecular weight is 295 g/mol. The van der Waals surface area contributed by atoms with Gasteiger partial charge in [0.1, 0.15) is 17.3 Å². The van der Waals surface area contributed by atoms with E-state index < -0.39 is 11.6 Å². The van der Waals surface area contributed by atoms with Crippen LogP contribution in [0.25, 0.3) is 0 Å². The highest BCUT2D eigenvalue weighted by Crippen LogP contribution is 2.29. The van der Waals surface area contributed by atoms with Gasteiger partial charge in [-0.3, -0.25) is 4.90 Å². The van der Waals surface area contributed by atoms with Gasteiger partial charge in [-0.2, -0.15) is 0 Å². The second kappa shape index (κ2) is 6.28. The van der Waals surface area contributed by atoms with Gasteiger partial charge in [-0.15, -0.1) is 0 Å². The number of fused-ring (bicyclic) bond motifs is 1. The van der Waals surface area contributed by atoms with Crippen molar-refractivity contribution in [1.82, 2.24) is 10.2 Å². The van der Waals surface area contributed by atoms with Crippen molar-refractivity contribution in [3.05, 3.63) is 29.3 Å². The molecule has 1 unspecified atom stereocenters. The van der Waals surface area contributed by atoms with Crippen LogP contribution in [0, 0.1) is 11.6 Å². The van der Waals surface area contributed by atoms with Crippen LogP contribution in [0.3, 0.4) is 0 Å². The van der Waals surface area contributed by atoms with E-state index in [1.807, 2.05) is 4.90 Å². The molecule has 0 bridgehead atoms. The summed E-state index contributed by atoms with van der Waals surface area (Å²) in [7, 11) is 1.77. The Morgan fingerprint density at radius 3 is 2.57 bits per heavy atom. The highest BCUT2D eigenvalue weighted by atomic mass is 19.1. The van der Waals surface area contributed by atoms with Crippen LogP contribution in [0.5, 0.6) is 0 Å². The number of nitrogens with one attached hydrogen (secondary N) is 1. The maximum absolute atomic E-state index is 14.4. The first-order valence-electron chi connectivity index (χ1n) is 7.80. The molecule has 116 valence electrons. The van der Waals surface area contributed by atoms with Crippen molar-refractivity contribution in [2.45, 2.75) is 31.8 Å². The van der Waals surface area contributed by atoms with Crippen molar-refractivity contribution in [3.8, 4) is 0 Å². The molecule has 2 saturated heterocycles. The van der Waals surface area contributed by atoms with Gasteiger partial charge >= 0.3 is 0 Å². The first-order valence-corrected chi connectivity index (χ1v) is 7.80. The number of hydrogen-bond donors (Lipinski definition) is 1. The maximum atomic E-state index is 14.4. The number of benzene rings is 1. The van der Waals surface area contributed by atoms with Gasteiger partial charge in [0.25, 0.3) is 0 Å². The molecule has 0 aliphatic carbocycles. The van der Waals surface area contributed by atoms with Gasteiger partial charge in [-0.05, 0) is 50.6 Å². The quantitative estimate of drug-likeness (QED) is 0.923. The summed E-state index contributed by atoms with van der Waals surface area (Å²) in [5.41, 5.74) is 0.803. The van der Waals surface area contributed by atoms with E-state index in [2.05, 4.69) is 10.2 Å². The Hall–Kier alpha value is -1.20. The summed E-state index contributed by atoms with van der Waals surface area (Å²) in [4.78, 5) is 4.37. The van der Waals surface area contributed by atoms with E-state index in [-0.39, 0.29) is 5.69 Å². The fourth-order valence-electron chi connectivity index (χ4n) is 3.64. The molecule has 3 nitrogen and oxygen atoms in total. The van der Waals surface area contributed by atoms with E-state index in [1.165, 1.54) is 18.6 Å². The predicted molar refractivity (Wildman–Crippen MR) is 80.5 cm³/mol. The molecule has 0 saturated carbocycles. The second-order valence-electron chi connectivity index (χ2n) is 6.07. The Balaban J connectivity index is 1.85. The third-order valence-electron chi connectivity index (χ3n) is 4.58. The first kappa shape index (κ1) is 14.7. The third kappa shape index (κ3) is 3.04. The zero-order valence-corrected chi connectivity index (χ0v) is 12.5. The van der Waals surface area contributed by atoms with Crippen molar-refractivity contribution in [1.29, 1.82) is 0 Å². The largest absolute Gasteiger partial charge is 0.365 e. The molecule has 2 aliphatic rings. The second-order valence-corrected chi connectivity index (χ2v) is 6.07. The van der Waals surface area contributed by atoms with Gasteiger partial charge in [0.15, 0.2) is 0 Å². The molecule has 5 heteroatoms. The van der Waals surface area contributed by atoms with Crippen molar-refractivity contribution in [2.75, 3.05) is 38.1 Å². The van der Waals surface area contributed by atoms with E-state index >= 15 is 0 Å². The van der Waals surface area contributed by atoms with Crippen LogP contribution in [0.4, 0.5) is 14.5 Å². The van der Waals surface area contributed by atoms with Crippen LogP contribution in [-0.4, -0.2) is 44.2 Å². The molecular formula is C16H23F2N3. The third-order valence-corrected chi connectivity index (χ3v) is 4.58. The van der Waals surface area contributed by atoms with Crippen LogP contribution in [0.1, 0.15) is 24.8 Å². The fraction of sp³-hybridized carbons (Fsp3) is 0.625. The monoisotopic (exact) mass is 295 g/mol. The predicted octanol–water partition coefficient (Wildman–Crippen LogP) is 2.36. The SMILES string of the molecule is CNCc1cc(F)c(N2CCCN3CCCC3C2)c(F)c1. The minimum atomic E-state index is -0.438. The Kier molecular flexibility index (Phi) is 4.40. The van der Waals surface area contributed by atoms with Crippen LogP contribution in [0.15, 0.2) is 12.1 Å². The highest BCUT2D eigenvalue weighted by molar-refractivity contribution is 5.51. The number of nitrogens with zero attached hydrogens (tertiary/aromatic N) is 2. The molecule has 1 aromatic rings. The van der Waals surface area contributed by atoms with Gasteiger partial charge in [-0.1, -0.05) is 0 Å². The summed E-state index contributed by atoms with van der Waals surface area (Å²) >= 11 is 0. The molecule has 0 spiro atoms. The van der Waals surface area contributed by atoms with Crippen LogP contribution in [0.2, 0.25) is 0 Å². The summed E-state index contributed by atoms with van der Waals surface area (Å²) < 4.78 is 28.7. The Labute approximate surface area is 124 Å². The topological polar surface area (TPSA) is 18.5 Å². The van der Waals surface area contributed by atoms with E-state index in [4.69, 9.17) is 0 Å². The van der Waals surface area contributed by atoms with Crippen LogP contribution >= 0.6 is 0 Å². The van der Waals surface area contributed by atoms with Crippen LogP contribution in [-0.2, 0) is 6.54 Å². The molecule has 2 heterocycles. The average Bonchev–Trinajstić information content (AvgIpc) is 2.77. The standard InChI is InChI=1S/C16H23F2N3/c1-19-10-12-8-14(17)16(15(18)9-12)21-7-3-6-20-5-2-4-13(20)11-21/h8-9,13,19H,2-7,10-11H2,1H3. The van der Waals surface area contributed by atoms with Crippen molar-refractivity contribution in [2.24, 2.45) is 0 Å². The molecule has 1 N–H and O–H groups in total. The van der Waals surface area contributed by atoms with Crippen molar-refractivity contribution in [3.63, 3.8) is 0 Å². The summed E-state index contributed by atoms with van der Waals surface area (Å²) in [6.45, 7) is 4.11. The number of halogens is 2. The van der Waals surface area contributed by atoms with Gasteiger partial charge < -0.3 is 10.2 Å². The van der Waals surface area contributed by atoms with Gasteiger partial charge in [0.2, 0.25) is 0 Å². The lowest BCUT2D eigenvalue weighted by molar-refractivity contribution is 0.273. The molecule has 3 rings (SSSR count). The Morgan fingerprint density at radius 1 is 1.14 bits per heavy atom. The van der Waals surface area contributed by atoms with Gasteiger partial charge in [0, 0.05) is 32.2 Å². The normalized spacial score (nSPS) is 23.2. The molecule has 2 aliphatic heterocycles. The summed E-state index contributed by atoms with van der Waals surface area (Å²) in [5.74, 6) is -0.876.